The van der Waals surface area contributed by atoms with E-state index in [4.69, 9.17) is 5.73 Å². The Morgan fingerprint density at radius 3 is 2.83 bits per heavy atom. The number of hydrogen-bond donors (Lipinski definition) is 1. The van der Waals surface area contributed by atoms with Crippen molar-refractivity contribution in [2.24, 2.45) is 5.73 Å². The van der Waals surface area contributed by atoms with Crippen LogP contribution >= 0.6 is 0 Å². The molecule has 3 nitrogen and oxygen atoms in total. The predicted molar refractivity (Wildman–Crippen MR) is 89.1 cm³/mol. The number of halogens is 1. The topological polar surface area (TPSA) is 56.0 Å². The third kappa shape index (κ3) is 2.85. The molecule has 0 saturated carbocycles. The number of aryl methyl sites for hydroxylation is 1. The van der Waals surface area contributed by atoms with Crippen molar-refractivity contribution in [2.75, 3.05) is 6.54 Å². The third-order valence-electron chi connectivity index (χ3n) is 3.93. The van der Waals surface area contributed by atoms with E-state index in [1.54, 1.807) is 37.5 Å². The molecule has 0 aliphatic heterocycles. The van der Waals surface area contributed by atoms with E-state index in [1.807, 2.05) is 12.1 Å². The molecule has 0 atom stereocenters. The first kappa shape index (κ1) is 15.3. The number of aromatic nitrogens is 1. The van der Waals surface area contributed by atoms with E-state index in [1.165, 1.54) is 6.07 Å². The molecule has 0 aliphatic carbocycles. The molecule has 3 rings (SSSR count). The molecule has 0 saturated heterocycles. The van der Waals surface area contributed by atoms with E-state index in [0.717, 1.165) is 16.3 Å². The smallest absolute Gasteiger partial charge is 0.196 e. The molecule has 0 radical (unpaired) electrons. The fourth-order valence-electron chi connectivity index (χ4n) is 2.87. The van der Waals surface area contributed by atoms with Gasteiger partial charge in [-0.25, -0.2) is 4.39 Å². The van der Waals surface area contributed by atoms with Crippen LogP contribution in [0.4, 0.5) is 4.39 Å². The molecule has 2 aromatic carbocycles. The summed E-state index contributed by atoms with van der Waals surface area (Å²) in [6, 6.07) is 10.4. The molecule has 3 aromatic rings. The van der Waals surface area contributed by atoms with Gasteiger partial charge in [0.25, 0.3) is 0 Å². The third-order valence-corrected chi connectivity index (χ3v) is 3.93. The van der Waals surface area contributed by atoms with E-state index < -0.39 is 5.82 Å². The molecule has 0 fully saturated rings. The first-order chi connectivity index (χ1) is 11.1. The molecule has 1 aromatic heterocycles. The Labute approximate surface area is 134 Å². The van der Waals surface area contributed by atoms with E-state index >= 15 is 0 Å². The lowest BCUT2D eigenvalue weighted by Crippen LogP contribution is -2.10. The largest absolute Gasteiger partial charge is 0.330 e. The highest BCUT2D eigenvalue weighted by molar-refractivity contribution is 6.17. The fourth-order valence-corrected chi connectivity index (χ4v) is 2.87. The number of ketones is 1. The van der Waals surface area contributed by atoms with Gasteiger partial charge < -0.3 is 5.73 Å². The van der Waals surface area contributed by atoms with Crippen molar-refractivity contribution < 1.29 is 9.18 Å². The van der Waals surface area contributed by atoms with E-state index in [9.17, 15) is 9.18 Å². The lowest BCUT2D eigenvalue weighted by molar-refractivity contribution is 0.103. The number of hydrogen-bond acceptors (Lipinski definition) is 3. The van der Waals surface area contributed by atoms with Gasteiger partial charge >= 0.3 is 0 Å². The molecule has 23 heavy (non-hydrogen) atoms. The van der Waals surface area contributed by atoms with Crippen molar-refractivity contribution in [3.63, 3.8) is 0 Å². The van der Waals surface area contributed by atoms with Gasteiger partial charge in [0.1, 0.15) is 5.82 Å². The molecule has 0 amide bonds. The number of benzene rings is 2. The standard InChI is InChI=1S/C19H17FN2O/c1-12-9-13(5-7-21)10-17(20)18(12)19(23)16-4-2-3-14-11-22-8-6-15(14)16/h2-4,6,8-11H,5,7,21H2,1H3. The number of pyridine rings is 1. The van der Waals surface area contributed by atoms with Crippen LogP contribution in [-0.2, 0) is 6.42 Å². The lowest BCUT2D eigenvalue weighted by Gasteiger charge is -2.11. The van der Waals surface area contributed by atoms with Gasteiger partial charge in [-0.2, -0.15) is 0 Å². The van der Waals surface area contributed by atoms with E-state index in [0.29, 0.717) is 24.1 Å². The zero-order valence-electron chi connectivity index (χ0n) is 12.8. The molecule has 1 heterocycles. The van der Waals surface area contributed by atoms with Gasteiger partial charge in [0.05, 0.1) is 5.56 Å². The second-order valence-electron chi connectivity index (χ2n) is 5.54. The van der Waals surface area contributed by atoms with Crippen LogP contribution in [0.15, 0.2) is 48.8 Å². The fraction of sp³-hybridized carbons (Fsp3) is 0.158. The summed E-state index contributed by atoms with van der Waals surface area (Å²) in [5.41, 5.74) is 7.56. The van der Waals surface area contributed by atoms with Crippen molar-refractivity contribution >= 4 is 16.6 Å². The summed E-state index contributed by atoms with van der Waals surface area (Å²) in [6.45, 7) is 2.20. The van der Waals surface area contributed by atoms with Crippen LogP contribution in [-0.4, -0.2) is 17.3 Å². The minimum absolute atomic E-state index is 0.120. The Balaban J connectivity index is 2.13. The highest BCUT2D eigenvalue weighted by Gasteiger charge is 2.19. The Kier molecular flexibility index (Phi) is 4.17. The summed E-state index contributed by atoms with van der Waals surface area (Å²) in [5.74, 6) is -0.805. The normalized spacial score (nSPS) is 10.9. The summed E-state index contributed by atoms with van der Waals surface area (Å²) in [4.78, 5) is 16.9. The highest BCUT2D eigenvalue weighted by Crippen LogP contribution is 2.24. The number of carbonyl (C=O) groups excluding carboxylic acids is 1. The lowest BCUT2D eigenvalue weighted by atomic mass is 9.93. The van der Waals surface area contributed by atoms with Crippen LogP contribution < -0.4 is 5.73 Å². The molecule has 0 bridgehead atoms. The van der Waals surface area contributed by atoms with Crippen LogP contribution in [0.5, 0.6) is 0 Å². The Morgan fingerprint density at radius 2 is 2.09 bits per heavy atom. The minimum atomic E-state index is -0.496. The van der Waals surface area contributed by atoms with Crippen LogP contribution in [0, 0.1) is 12.7 Å². The maximum absolute atomic E-state index is 14.5. The minimum Gasteiger partial charge on any atom is -0.330 e. The van der Waals surface area contributed by atoms with Gasteiger partial charge in [-0.3, -0.25) is 9.78 Å². The Hall–Kier alpha value is -2.59. The number of rotatable bonds is 4. The van der Waals surface area contributed by atoms with Gasteiger partial charge in [0.15, 0.2) is 5.78 Å². The van der Waals surface area contributed by atoms with Gasteiger partial charge in [-0.15, -0.1) is 0 Å². The molecule has 0 aliphatic rings. The molecular formula is C19H17FN2O. The van der Waals surface area contributed by atoms with Crippen molar-refractivity contribution in [3.05, 3.63) is 76.9 Å². The zero-order valence-corrected chi connectivity index (χ0v) is 12.8. The maximum Gasteiger partial charge on any atom is 0.196 e. The van der Waals surface area contributed by atoms with Crippen molar-refractivity contribution in [2.45, 2.75) is 13.3 Å². The summed E-state index contributed by atoms with van der Waals surface area (Å²) >= 11 is 0. The highest BCUT2D eigenvalue weighted by atomic mass is 19.1. The van der Waals surface area contributed by atoms with Gasteiger partial charge in [0.2, 0.25) is 0 Å². The zero-order chi connectivity index (χ0) is 16.4. The van der Waals surface area contributed by atoms with Crippen molar-refractivity contribution in [3.8, 4) is 0 Å². The van der Waals surface area contributed by atoms with Gasteiger partial charge in [-0.05, 0) is 48.5 Å². The second-order valence-corrected chi connectivity index (χ2v) is 5.54. The number of carbonyl (C=O) groups is 1. The van der Waals surface area contributed by atoms with Crippen LogP contribution in [0.25, 0.3) is 10.8 Å². The second kappa shape index (κ2) is 6.26. The average molecular weight is 308 g/mol. The monoisotopic (exact) mass is 308 g/mol. The Morgan fingerprint density at radius 1 is 1.26 bits per heavy atom. The summed E-state index contributed by atoms with van der Waals surface area (Å²) in [5, 5.41) is 1.63. The van der Waals surface area contributed by atoms with E-state index in [-0.39, 0.29) is 11.3 Å². The number of nitrogens with zero attached hydrogens (tertiary/aromatic N) is 1. The van der Waals surface area contributed by atoms with Crippen molar-refractivity contribution in [1.82, 2.24) is 4.98 Å². The first-order valence-corrected chi connectivity index (χ1v) is 7.48. The molecule has 116 valence electrons. The SMILES string of the molecule is Cc1cc(CCN)cc(F)c1C(=O)c1cccc2cnccc12. The summed E-state index contributed by atoms with van der Waals surface area (Å²) < 4.78 is 14.5. The van der Waals surface area contributed by atoms with Crippen LogP contribution in [0.3, 0.4) is 0 Å². The van der Waals surface area contributed by atoms with Crippen molar-refractivity contribution in [1.29, 1.82) is 0 Å². The maximum atomic E-state index is 14.5. The van der Waals surface area contributed by atoms with Crippen LogP contribution in [0.2, 0.25) is 0 Å². The molecular weight excluding hydrogens is 291 g/mol. The number of fused-ring (bicyclic) bond motifs is 1. The molecule has 0 spiro atoms. The Bertz CT molecular complexity index is 861. The number of nitrogens with two attached hydrogens (primary N) is 1. The molecule has 2 N–H and O–H groups in total. The van der Waals surface area contributed by atoms with Crippen LogP contribution in [0.1, 0.15) is 27.0 Å². The quantitative estimate of drug-likeness (QED) is 0.751. The summed E-state index contributed by atoms with van der Waals surface area (Å²) in [6.07, 6.45) is 3.92. The van der Waals surface area contributed by atoms with E-state index in [2.05, 4.69) is 4.98 Å². The summed E-state index contributed by atoms with van der Waals surface area (Å²) in [7, 11) is 0. The van der Waals surface area contributed by atoms with Gasteiger partial charge in [-0.1, -0.05) is 24.3 Å². The molecule has 4 heteroatoms. The van der Waals surface area contributed by atoms with Gasteiger partial charge in [0, 0.05) is 23.3 Å². The predicted octanol–water partition coefficient (Wildman–Crippen LogP) is 3.41. The average Bonchev–Trinajstić information content (AvgIpc) is 2.54. The first-order valence-electron chi connectivity index (χ1n) is 7.48. The molecule has 0 unspecified atom stereocenters.